The number of carbonyl (C=O) groups excluding carboxylic acids is 1. The van der Waals surface area contributed by atoms with Gasteiger partial charge in [0.1, 0.15) is 5.78 Å². The molecule has 7 nitrogen and oxygen atoms in total. The molecule has 1 atom stereocenters. The van der Waals surface area contributed by atoms with E-state index in [9.17, 15) is 34.5 Å². The maximum atomic E-state index is 13.9. The molecule has 0 rings (SSSR count). The normalized spacial score (nSPS) is 12.4. The van der Waals surface area contributed by atoms with E-state index in [1.165, 1.54) is 0 Å². The molecule has 0 aromatic rings. The van der Waals surface area contributed by atoms with Crippen LogP contribution >= 0.6 is 0 Å². The molecule has 3 N–H and O–H groups in total. The van der Waals surface area contributed by atoms with E-state index in [1.54, 1.807) is 0 Å². The van der Waals surface area contributed by atoms with Crippen LogP contribution in [0.4, 0.5) is 0 Å². The predicted octanol–water partition coefficient (Wildman–Crippen LogP) is 6.47. The minimum Gasteiger partial charge on any atom is -0.481 e. The molecule has 0 aliphatic heterocycles. The number of carbonyl (C=O) groups is 4. The van der Waals surface area contributed by atoms with Crippen LogP contribution in [0.1, 0.15) is 129 Å². The molecule has 0 radical (unpaired) electrons. The van der Waals surface area contributed by atoms with Gasteiger partial charge in [0.25, 0.3) is 0 Å². The van der Waals surface area contributed by atoms with Crippen LogP contribution < -0.4 is 0 Å². The van der Waals surface area contributed by atoms with Crippen LogP contribution in [0, 0.1) is 11.3 Å². The summed E-state index contributed by atoms with van der Waals surface area (Å²) < 4.78 is 0. The number of ketones is 1. The Kier molecular flexibility index (Phi) is 17.4. The molecular formula is C26H46O7. The first-order chi connectivity index (χ1) is 15.7. The Morgan fingerprint density at radius 1 is 0.576 bits per heavy atom. The fraction of sp³-hybridized carbons (Fsp3) is 0.846. The van der Waals surface area contributed by atoms with Crippen LogP contribution in [0.3, 0.4) is 0 Å². The Hall–Kier alpha value is -1.92. The van der Waals surface area contributed by atoms with Gasteiger partial charge in [0, 0.05) is 30.6 Å². The van der Waals surface area contributed by atoms with Gasteiger partial charge in [0.05, 0.1) is 0 Å². The summed E-state index contributed by atoms with van der Waals surface area (Å²) in [6, 6.07) is 0. The fourth-order valence-electron chi connectivity index (χ4n) is 4.64. The molecule has 0 aliphatic carbocycles. The lowest BCUT2D eigenvalue weighted by Gasteiger charge is -2.35. The number of Topliss-reactive ketones (excluding diaryl/α,β-unsaturated/α-hetero) is 1. The molecule has 1 unspecified atom stereocenters. The average molecular weight is 471 g/mol. The van der Waals surface area contributed by atoms with Gasteiger partial charge in [-0.1, -0.05) is 78.1 Å². The average Bonchev–Trinajstić information content (AvgIpc) is 2.76. The quantitative estimate of drug-likeness (QED) is 0.146. The Morgan fingerprint density at radius 2 is 1.03 bits per heavy atom. The molecule has 192 valence electrons. The lowest BCUT2D eigenvalue weighted by molar-refractivity contribution is -0.141. The van der Waals surface area contributed by atoms with Gasteiger partial charge in [-0.25, -0.2) is 0 Å². The molecule has 0 fully saturated rings. The Balaban J connectivity index is 5.69. The molecule has 0 aliphatic rings. The summed E-state index contributed by atoms with van der Waals surface area (Å²) in [5.41, 5.74) is -1.02. The Morgan fingerprint density at radius 3 is 1.48 bits per heavy atom. The number of hydrogen-bond donors (Lipinski definition) is 3. The SMILES string of the molecule is CCCCCCCC(CCC(=O)O)C(=O)C(CCCCCCC)(CCC(=O)O)CCC(=O)O. The molecular weight excluding hydrogens is 424 g/mol. The van der Waals surface area contributed by atoms with Crippen LogP contribution in [-0.4, -0.2) is 39.0 Å². The number of aliphatic carboxylic acids is 3. The molecule has 33 heavy (non-hydrogen) atoms. The first kappa shape index (κ1) is 31.1. The zero-order valence-corrected chi connectivity index (χ0v) is 20.8. The van der Waals surface area contributed by atoms with Crippen molar-refractivity contribution in [1.29, 1.82) is 0 Å². The highest BCUT2D eigenvalue weighted by atomic mass is 16.4. The van der Waals surface area contributed by atoms with Crippen LogP contribution in [0.2, 0.25) is 0 Å². The van der Waals surface area contributed by atoms with E-state index in [2.05, 4.69) is 13.8 Å². The minimum absolute atomic E-state index is 0.113. The van der Waals surface area contributed by atoms with Gasteiger partial charge < -0.3 is 15.3 Å². The van der Waals surface area contributed by atoms with E-state index in [-0.39, 0.29) is 44.3 Å². The number of rotatable bonds is 23. The van der Waals surface area contributed by atoms with Gasteiger partial charge in [-0.2, -0.15) is 0 Å². The third kappa shape index (κ3) is 14.8. The summed E-state index contributed by atoms with van der Waals surface area (Å²) in [6.07, 6.45) is 10.9. The second-order valence-electron chi connectivity index (χ2n) is 9.43. The van der Waals surface area contributed by atoms with Gasteiger partial charge in [-0.05, 0) is 32.1 Å². The van der Waals surface area contributed by atoms with Crippen molar-refractivity contribution in [3.63, 3.8) is 0 Å². The van der Waals surface area contributed by atoms with E-state index in [0.29, 0.717) is 12.8 Å². The van der Waals surface area contributed by atoms with Crippen LogP contribution in [0.25, 0.3) is 0 Å². The summed E-state index contributed by atoms with van der Waals surface area (Å²) in [6.45, 7) is 4.24. The Bertz CT molecular complexity index is 567. The van der Waals surface area contributed by atoms with Crippen molar-refractivity contribution in [2.45, 2.75) is 129 Å². The smallest absolute Gasteiger partial charge is 0.303 e. The molecule has 0 spiro atoms. The number of carboxylic acids is 3. The van der Waals surface area contributed by atoms with Crippen LogP contribution in [-0.2, 0) is 19.2 Å². The zero-order chi connectivity index (χ0) is 25.1. The standard InChI is InChI=1S/C26H46O7/c1-3-5-7-9-11-13-21(14-15-22(27)28)25(33)26(19-16-23(29)30,20-17-24(31)32)18-12-10-8-6-4-2/h21H,3-20H2,1-2H3,(H,27,28)(H,29,30)(H,31,32). The second kappa shape index (κ2) is 18.5. The summed E-state index contributed by atoms with van der Waals surface area (Å²) in [5.74, 6) is -3.55. The molecule has 0 saturated heterocycles. The maximum Gasteiger partial charge on any atom is 0.303 e. The third-order valence-electron chi connectivity index (χ3n) is 6.65. The van der Waals surface area contributed by atoms with E-state index < -0.39 is 29.2 Å². The minimum atomic E-state index is -1.02. The number of hydrogen-bond acceptors (Lipinski definition) is 4. The topological polar surface area (TPSA) is 129 Å². The van der Waals surface area contributed by atoms with Crippen molar-refractivity contribution < 1.29 is 34.5 Å². The second-order valence-corrected chi connectivity index (χ2v) is 9.43. The summed E-state index contributed by atoms with van der Waals surface area (Å²) >= 11 is 0. The van der Waals surface area contributed by atoms with E-state index >= 15 is 0 Å². The molecule has 0 amide bonds. The number of unbranched alkanes of at least 4 members (excludes halogenated alkanes) is 8. The van der Waals surface area contributed by atoms with Gasteiger partial charge in [-0.3, -0.25) is 19.2 Å². The highest BCUT2D eigenvalue weighted by Crippen LogP contribution is 2.41. The molecule has 7 heteroatoms. The van der Waals surface area contributed by atoms with Crippen molar-refractivity contribution in [2.24, 2.45) is 11.3 Å². The highest BCUT2D eigenvalue weighted by Gasteiger charge is 2.41. The van der Waals surface area contributed by atoms with Gasteiger partial charge in [0.2, 0.25) is 0 Å². The predicted molar refractivity (Wildman–Crippen MR) is 128 cm³/mol. The lowest BCUT2D eigenvalue weighted by Crippen LogP contribution is -2.38. The largest absolute Gasteiger partial charge is 0.481 e. The molecule has 0 bridgehead atoms. The molecule has 0 aromatic carbocycles. The third-order valence-corrected chi connectivity index (χ3v) is 6.65. The number of carboxylic acid groups (broad SMARTS) is 3. The first-order valence-electron chi connectivity index (χ1n) is 12.9. The summed E-state index contributed by atoms with van der Waals surface area (Å²) in [7, 11) is 0. The van der Waals surface area contributed by atoms with Crippen molar-refractivity contribution in [3.05, 3.63) is 0 Å². The van der Waals surface area contributed by atoms with Crippen molar-refractivity contribution >= 4 is 23.7 Å². The van der Waals surface area contributed by atoms with Crippen molar-refractivity contribution in [1.82, 2.24) is 0 Å². The fourth-order valence-corrected chi connectivity index (χ4v) is 4.64. The Labute approximate surface area is 199 Å². The van der Waals surface area contributed by atoms with E-state index in [4.69, 9.17) is 0 Å². The maximum absolute atomic E-state index is 13.9. The molecule has 0 saturated carbocycles. The summed E-state index contributed by atoms with van der Waals surface area (Å²) in [5, 5.41) is 27.8. The lowest BCUT2D eigenvalue weighted by atomic mass is 9.67. The molecule has 0 aromatic heterocycles. The first-order valence-corrected chi connectivity index (χ1v) is 12.9. The van der Waals surface area contributed by atoms with Crippen LogP contribution in [0.5, 0.6) is 0 Å². The van der Waals surface area contributed by atoms with E-state index in [1.807, 2.05) is 0 Å². The van der Waals surface area contributed by atoms with Crippen molar-refractivity contribution in [2.75, 3.05) is 0 Å². The zero-order valence-electron chi connectivity index (χ0n) is 20.8. The highest BCUT2D eigenvalue weighted by molar-refractivity contribution is 5.88. The monoisotopic (exact) mass is 470 g/mol. The van der Waals surface area contributed by atoms with Crippen molar-refractivity contribution in [3.8, 4) is 0 Å². The van der Waals surface area contributed by atoms with E-state index in [0.717, 1.165) is 64.2 Å². The molecule has 0 heterocycles. The summed E-state index contributed by atoms with van der Waals surface area (Å²) in [4.78, 5) is 47.8. The van der Waals surface area contributed by atoms with Gasteiger partial charge >= 0.3 is 17.9 Å². The van der Waals surface area contributed by atoms with Gasteiger partial charge in [-0.15, -0.1) is 0 Å². The van der Waals surface area contributed by atoms with Crippen LogP contribution in [0.15, 0.2) is 0 Å². The van der Waals surface area contributed by atoms with Gasteiger partial charge in [0.15, 0.2) is 0 Å².